The fourth-order valence-corrected chi connectivity index (χ4v) is 7.37. The lowest BCUT2D eigenvalue weighted by Crippen LogP contribution is -2.55. The van der Waals surface area contributed by atoms with E-state index in [1.165, 1.54) is 6.39 Å². The van der Waals surface area contributed by atoms with Gasteiger partial charge in [-0.3, -0.25) is 0 Å². The molecule has 190 valence electrons. The van der Waals surface area contributed by atoms with Crippen LogP contribution in [0.3, 0.4) is 0 Å². The number of fused-ring (bicyclic) bond motifs is 5. The topological polar surface area (TPSA) is 98.8 Å². The second kappa shape index (κ2) is 8.80. The number of halogens is 1. The second-order valence-corrected chi connectivity index (χ2v) is 11.1. The Morgan fingerprint density at radius 2 is 1.91 bits per heavy atom. The molecule has 0 aliphatic heterocycles. The predicted molar refractivity (Wildman–Crippen MR) is 133 cm³/mol. The third-order valence-corrected chi connectivity index (χ3v) is 9.10. The van der Waals surface area contributed by atoms with E-state index in [1.807, 2.05) is 38.4 Å². The number of aliphatic hydroxyl groups excluding tert-OH is 2. The van der Waals surface area contributed by atoms with Crippen LogP contribution in [-0.2, 0) is 0 Å². The van der Waals surface area contributed by atoms with Gasteiger partial charge in [0.1, 0.15) is 17.3 Å². The molecule has 1 heterocycles. The lowest BCUT2D eigenvalue weighted by Gasteiger charge is -2.50. The van der Waals surface area contributed by atoms with Gasteiger partial charge in [0.2, 0.25) is 0 Å². The van der Waals surface area contributed by atoms with Crippen LogP contribution < -0.4 is 5.32 Å². The number of hydrogen-bond acceptors (Lipinski definition) is 6. The first-order valence-corrected chi connectivity index (χ1v) is 12.8. The molecule has 7 heteroatoms. The van der Waals surface area contributed by atoms with Crippen LogP contribution in [0, 0.1) is 17.3 Å². The average Bonchev–Trinajstić information content (AvgIpc) is 3.41. The van der Waals surface area contributed by atoms with Crippen molar-refractivity contribution < 1.29 is 24.1 Å². The Labute approximate surface area is 205 Å². The fourth-order valence-electron chi connectivity index (χ4n) is 7.37. The number of aliphatic hydroxyl groups is 3. The molecule has 4 N–H and O–H groups in total. The van der Waals surface area contributed by atoms with E-state index < -0.39 is 23.5 Å². The molecule has 1 aromatic carbocycles. The minimum absolute atomic E-state index is 0.0601. The molecule has 0 saturated heterocycles. The highest BCUT2D eigenvalue weighted by atomic mass is 19.1. The number of allylic oxidation sites excluding steroid dienone is 3. The summed E-state index contributed by atoms with van der Waals surface area (Å²) in [5, 5.41) is 36.2. The summed E-state index contributed by atoms with van der Waals surface area (Å²) in [4.78, 5) is 4.28. The minimum Gasteiger partial charge on any atom is -0.443 e. The molecule has 0 spiro atoms. The van der Waals surface area contributed by atoms with Crippen LogP contribution in [0.4, 0.5) is 4.39 Å². The molecule has 6 rings (SSSR count). The molecule has 35 heavy (non-hydrogen) atoms. The summed E-state index contributed by atoms with van der Waals surface area (Å²) in [6.07, 6.45) is 6.69. The van der Waals surface area contributed by atoms with Crippen molar-refractivity contribution in [1.82, 2.24) is 10.3 Å². The molecule has 0 radical (unpaired) electrons. The van der Waals surface area contributed by atoms with E-state index in [0.717, 1.165) is 22.2 Å². The fraction of sp³-hybridized carbons (Fsp3) is 0.607. The summed E-state index contributed by atoms with van der Waals surface area (Å²) in [6, 6.07) is 5.98. The van der Waals surface area contributed by atoms with Crippen molar-refractivity contribution in [3.63, 3.8) is 0 Å². The quantitative estimate of drug-likeness (QED) is 0.454. The van der Waals surface area contributed by atoms with E-state index in [-0.39, 0.29) is 23.7 Å². The Morgan fingerprint density at radius 3 is 2.69 bits per heavy atom. The first kappa shape index (κ1) is 24.6. The number of hydrogen-bond donors (Lipinski definition) is 4. The minimum atomic E-state index is -1.88. The third kappa shape index (κ3) is 3.70. The average molecular weight is 485 g/mol. The van der Waals surface area contributed by atoms with E-state index in [1.54, 1.807) is 0 Å². The maximum absolute atomic E-state index is 16.2. The van der Waals surface area contributed by atoms with Gasteiger partial charge in [-0.15, -0.1) is 0 Å². The largest absolute Gasteiger partial charge is 0.443 e. The van der Waals surface area contributed by atoms with Crippen LogP contribution in [0.5, 0.6) is 0 Å². The van der Waals surface area contributed by atoms with Gasteiger partial charge in [-0.05, 0) is 87.4 Å². The van der Waals surface area contributed by atoms with Crippen LogP contribution >= 0.6 is 0 Å². The Balaban J connectivity index is 0.000000806. The number of benzene rings is 1. The van der Waals surface area contributed by atoms with Gasteiger partial charge in [0.25, 0.3) is 0 Å². The van der Waals surface area contributed by atoms with Gasteiger partial charge in [-0.2, -0.15) is 0 Å². The van der Waals surface area contributed by atoms with Crippen LogP contribution in [-0.4, -0.2) is 57.9 Å². The highest BCUT2D eigenvalue weighted by Crippen LogP contribution is 2.63. The van der Waals surface area contributed by atoms with Gasteiger partial charge in [0, 0.05) is 17.8 Å². The summed E-state index contributed by atoms with van der Waals surface area (Å²) >= 11 is 0. The molecule has 0 bridgehead atoms. The molecule has 2 aromatic rings. The van der Waals surface area contributed by atoms with Crippen molar-refractivity contribution in [3.8, 4) is 0 Å². The third-order valence-electron chi connectivity index (χ3n) is 9.10. The van der Waals surface area contributed by atoms with Crippen molar-refractivity contribution in [2.75, 3.05) is 14.1 Å². The maximum atomic E-state index is 16.2. The monoisotopic (exact) mass is 484 g/mol. The maximum Gasteiger partial charge on any atom is 0.181 e. The Hall–Kier alpha value is -2.06. The summed E-state index contributed by atoms with van der Waals surface area (Å²) in [5.74, 6) is -0.479. The molecule has 2 fully saturated rings. The summed E-state index contributed by atoms with van der Waals surface area (Å²) in [7, 11) is 3.75. The number of aromatic nitrogens is 1. The van der Waals surface area contributed by atoms with E-state index in [9.17, 15) is 15.3 Å². The molecule has 6 nitrogen and oxygen atoms in total. The van der Waals surface area contributed by atoms with Gasteiger partial charge in [0.15, 0.2) is 12.0 Å². The van der Waals surface area contributed by atoms with Crippen molar-refractivity contribution in [3.05, 3.63) is 47.9 Å². The van der Waals surface area contributed by atoms with Gasteiger partial charge in [-0.25, -0.2) is 9.37 Å². The first-order chi connectivity index (χ1) is 16.7. The molecule has 0 amide bonds. The highest BCUT2D eigenvalue weighted by Gasteiger charge is 2.62. The molecule has 4 aliphatic rings. The zero-order valence-electron chi connectivity index (χ0n) is 20.8. The molecular weight excluding hydrogens is 447 g/mol. The lowest BCUT2D eigenvalue weighted by atomic mass is 9.57. The molecular formula is C28H37FN2O4. The molecule has 7 atom stereocenters. The van der Waals surface area contributed by atoms with Gasteiger partial charge in [0.05, 0.1) is 11.7 Å². The Kier molecular flexibility index (Phi) is 6.19. The number of rotatable bonds is 1. The standard InChI is InChI=1S/C26H30FNO4.C2H7N/c1-24-10-9-19-23(30)25(27)13-17(29)4-3-16(25)8-11-26(19,31)22(24)7-5-18(24)15-2-6-21-20(12-15)28-14-32-21;1-3-2/h2,5-6,9,12,14,16-17,22-23,29-31H,3-4,7-8,10-11,13H2,1H3;3H,1-2H3/t16?,17?,22?,23?,24?,25?,26-;/m1./s1. The van der Waals surface area contributed by atoms with E-state index in [2.05, 4.69) is 23.3 Å². The number of nitrogens with zero attached hydrogens (tertiary/aromatic N) is 1. The van der Waals surface area contributed by atoms with Crippen molar-refractivity contribution in [2.24, 2.45) is 17.3 Å². The second-order valence-electron chi connectivity index (χ2n) is 11.1. The van der Waals surface area contributed by atoms with Crippen LogP contribution in [0.15, 0.2) is 46.7 Å². The molecule has 4 aliphatic carbocycles. The Bertz CT molecular complexity index is 1160. The zero-order valence-corrected chi connectivity index (χ0v) is 20.8. The van der Waals surface area contributed by atoms with Crippen LogP contribution in [0.2, 0.25) is 0 Å². The van der Waals surface area contributed by atoms with Crippen molar-refractivity contribution >= 4 is 16.7 Å². The van der Waals surface area contributed by atoms with Crippen molar-refractivity contribution in [2.45, 2.75) is 75.3 Å². The van der Waals surface area contributed by atoms with E-state index >= 15 is 4.39 Å². The summed E-state index contributed by atoms with van der Waals surface area (Å²) < 4.78 is 21.6. The number of nitrogens with one attached hydrogen (secondary N) is 1. The van der Waals surface area contributed by atoms with Gasteiger partial charge in [-0.1, -0.05) is 25.1 Å². The van der Waals surface area contributed by atoms with E-state index in [0.29, 0.717) is 44.1 Å². The predicted octanol–water partition coefficient (Wildman–Crippen LogP) is 4.16. The smallest absolute Gasteiger partial charge is 0.181 e. The molecule has 1 aromatic heterocycles. The number of alkyl halides is 1. The summed E-state index contributed by atoms with van der Waals surface area (Å²) in [5.41, 5.74) is 0.728. The Morgan fingerprint density at radius 1 is 1.14 bits per heavy atom. The molecule has 2 saturated carbocycles. The molecule has 6 unspecified atom stereocenters. The van der Waals surface area contributed by atoms with E-state index in [4.69, 9.17) is 4.42 Å². The van der Waals surface area contributed by atoms with Crippen molar-refractivity contribution in [1.29, 1.82) is 0 Å². The number of oxazole rings is 1. The first-order valence-electron chi connectivity index (χ1n) is 12.8. The van der Waals surface area contributed by atoms with Crippen LogP contribution in [0.25, 0.3) is 16.7 Å². The summed E-state index contributed by atoms with van der Waals surface area (Å²) in [6.45, 7) is 2.17. The zero-order chi connectivity index (χ0) is 25.0. The SMILES string of the molecule is CC12CC=C3C(O)C4(F)CC(O)CCC4CC[C@]3(O)C1CC=C2c1ccc2ocnc2c1.CNC. The normalized spacial score (nSPS) is 40.4. The highest BCUT2D eigenvalue weighted by molar-refractivity contribution is 5.82. The van der Waals surface area contributed by atoms with Crippen LogP contribution in [0.1, 0.15) is 57.4 Å². The van der Waals surface area contributed by atoms with Gasteiger partial charge < -0.3 is 25.1 Å². The van der Waals surface area contributed by atoms with Gasteiger partial charge >= 0.3 is 0 Å². The lowest BCUT2D eigenvalue weighted by molar-refractivity contribution is -0.0963.